The molecular weight excluding hydrogens is 364 g/mol. The number of para-hydroxylation sites is 1. The Hall–Kier alpha value is -2.96. The van der Waals surface area contributed by atoms with E-state index >= 15 is 0 Å². The first-order valence-electron chi connectivity index (χ1n) is 10.1. The largest absolute Gasteiger partial charge is 0.360 e. The van der Waals surface area contributed by atoms with Crippen molar-refractivity contribution in [2.24, 2.45) is 0 Å². The van der Waals surface area contributed by atoms with E-state index in [0.29, 0.717) is 11.9 Å². The molecule has 150 valence electrons. The van der Waals surface area contributed by atoms with Gasteiger partial charge in [0.2, 0.25) is 5.43 Å². The van der Waals surface area contributed by atoms with Gasteiger partial charge in [-0.3, -0.25) is 19.4 Å². The lowest BCUT2D eigenvalue weighted by Crippen LogP contribution is -2.48. The van der Waals surface area contributed by atoms with Gasteiger partial charge in [-0.15, -0.1) is 0 Å². The minimum Gasteiger partial charge on any atom is -0.360 e. The van der Waals surface area contributed by atoms with Gasteiger partial charge in [0.25, 0.3) is 5.91 Å². The summed E-state index contributed by atoms with van der Waals surface area (Å²) in [5.41, 5.74) is 2.01. The average molecular weight is 390 g/mol. The van der Waals surface area contributed by atoms with Crippen LogP contribution in [0.1, 0.15) is 15.9 Å². The summed E-state index contributed by atoms with van der Waals surface area (Å²) >= 11 is 0. The molecule has 29 heavy (non-hydrogen) atoms. The molecule has 1 saturated heterocycles. The van der Waals surface area contributed by atoms with Crippen LogP contribution in [0.15, 0.2) is 65.6 Å². The molecule has 6 nitrogen and oxygen atoms in total. The number of fused-ring (bicyclic) bond motifs is 1. The highest BCUT2D eigenvalue weighted by Gasteiger charge is 2.17. The van der Waals surface area contributed by atoms with Crippen LogP contribution in [0, 0.1) is 0 Å². The number of H-pyrrole nitrogens is 1. The van der Waals surface area contributed by atoms with Crippen molar-refractivity contribution in [2.75, 3.05) is 39.3 Å². The number of hydrogen-bond donors (Lipinski definition) is 2. The standard InChI is InChI=1S/C23H26N4O2/c28-22-19-8-4-5-9-21(19)25-16-20(22)23(29)24-10-11-26-12-14-27(15-13-26)17-18-6-2-1-3-7-18/h1-9,16H,10-15,17H2,(H,24,29)(H,25,28). The van der Waals surface area contributed by atoms with Crippen molar-refractivity contribution in [3.8, 4) is 0 Å². The highest BCUT2D eigenvalue weighted by atomic mass is 16.2. The van der Waals surface area contributed by atoms with E-state index in [9.17, 15) is 9.59 Å². The predicted octanol–water partition coefficient (Wildman–Crippen LogP) is 2.08. The molecule has 0 atom stereocenters. The van der Waals surface area contributed by atoms with E-state index in [1.54, 1.807) is 12.1 Å². The topological polar surface area (TPSA) is 68.4 Å². The number of nitrogens with zero attached hydrogens (tertiary/aromatic N) is 2. The number of aromatic nitrogens is 1. The van der Waals surface area contributed by atoms with Crippen molar-refractivity contribution in [1.82, 2.24) is 20.1 Å². The highest BCUT2D eigenvalue weighted by molar-refractivity contribution is 5.97. The fourth-order valence-electron chi connectivity index (χ4n) is 3.77. The number of carbonyl (C=O) groups is 1. The Morgan fingerprint density at radius 3 is 2.41 bits per heavy atom. The van der Waals surface area contributed by atoms with Gasteiger partial charge in [-0.1, -0.05) is 42.5 Å². The zero-order valence-corrected chi connectivity index (χ0v) is 16.4. The summed E-state index contributed by atoms with van der Waals surface area (Å²) in [7, 11) is 0. The first-order valence-corrected chi connectivity index (χ1v) is 10.1. The number of pyridine rings is 1. The van der Waals surface area contributed by atoms with Crippen molar-refractivity contribution in [3.63, 3.8) is 0 Å². The minimum absolute atomic E-state index is 0.163. The van der Waals surface area contributed by atoms with E-state index < -0.39 is 0 Å². The van der Waals surface area contributed by atoms with Crippen molar-refractivity contribution < 1.29 is 4.79 Å². The van der Waals surface area contributed by atoms with Gasteiger partial charge in [-0.05, 0) is 17.7 Å². The molecule has 2 aromatic carbocycles. The molecule has 0 saturated carbocycles. The lowest BCUT2D eigenvalue weighted by Gasteiger charge is -2.34. The third kappa shape index (κ3) is 4.72. The van der Waals surface area contributed by atoms with Crippen LogP contribution in [-0.2, 0) is 6.54 Å². The molecular formula is C23H26N4O2. The molecule has 3 aromatic rings. The maximum Gasteiger partial charge on any atom is 0.256 e. The molecule has 1 amide bonds. The van der Waals surface area contributed by atoms with Crippen molar-refractivity contribution in [3.05, 3.63) is 82.1 Å². The maximum atomic E-state index is 12.5. The van der Waals surface area contributed by atoms with E-state index in [1.807, 2.05) is 18.2 Å². The summed E-state index contributed by atoms with van der Waals surface area (Å²) in [4.78, 5) is 32.8. The van der Waals surface area contributed by atoms with Crippen LogP contribution in [-0.4, -0.2) is 60.0 Å². The highest BCUT2D eigenvalue weighted by Crippen LogP contribution is 2.09. The van der Waals surface area contributed by atoms with Crippen LogP contribution in [0.4, 0.5) is 0 Å². The summed E-state index contributed by atoms with van der Waals surface area (Å²) in [6, 6.07) is 17.8. The Kier molecular flexibility index (Phi) is 6.03. The lowest BCUT2D eigenvalue weighted by atomic mass is 10.1. The molecule has 2 heterocycles. The Balaban J connectivity index is 1.24. The molecule has 0 bridgehead atoms. The molecule has 0 spiro atoms. The fourth-order valence-corrected chi connectivity index (χ4v) is 3.77. The molecule has 0 unspecified atom stereocenters. The third-order valence-corrected chi connectivity index (χ3v) is 5.46. The Labute approximate surface area is 170 Å². The van der Waals surface area contributed by atoms with Gasteiger partial charge in [0, 0.05) is 62.9 Å². The van der Waals surface area contributed by atoms with Crippen LogP contribution in [0.3, 0.4) is 0 Å². The van der Waals surface area contributed by atoms with E-state index in [-0.39, 0.29) is 16.9 Å². The van der Waals surface area contributed by atoms with Gasteiger partial charge in [0.1, 0.15) is 5.56 Å². The monoisotopic (exact) mass is 390 g/mol. The Morgan fingerprint density at radius 1 is 0.931 bits per heavy atom. The summed E-state index contributed by atoms with van der Waals surface area (Å²) in [6.07, 6.45) is 1.50. The van der Waals surface area contributed by atoms with E-state index in [4.69, 9.17) is 0 Å². The van der Waals surface area contributed by atoms with Gasteiger partial charge < -0.3 is 10.3 Å². The first-order chi connectivity index (χ1) is 14.2. The fraction of sp³-hybridized carbons (Fsp3) is 0.304. The summed E-state index contributed by atoms with van der Waals surface area (Å²) in [5.74, 6) is -0.320. The number of piperazine rings is 1. The second kappa shape index (κ2) is 9.03. The van der Waals surface area contributed by atoms with Crippen LogP contribution < -0.4 is 10.7 Å². The average Bonchev–Trinajstić information content (AvgIpc) is 2.76. The zero-order valence-electron chi connectivity index (χ0n) is 16.4. The first kappa shape index (κ1) is 19.4. The number of nitrogens with one attached hydrogen (secondary N) is 2. The Bertz CT molecular complexity index is 1020. The third-order valence-electron chi connectivity index (χ3n) is 5.46. The quantitative estimate of drug-likeness (QED) is 0.676. The molecule has 1 aliphatic rings. The van der Waals surface area contributed by atoms with E-state index in [0.717, 1.165) is 44.8 Å². The SMILES string of the molecule is O=C(NCCN1CCN(Cc2ccccc2)CC1)c1c[nH]c2ccccc2c1=O. The maximum absolute atomic E-state index is 12.5. The van der Waals surface area contributed by atoms with E-state index in [2.05, 4.69) is 44.4 Å². The van der Waals surface area contributed by atoms with Gasteiger partial charge in [0.15, 0.2) is 0 Å². The predicted molar refractivity (Wildman–Crippen MR) is 115 cm³/mol. The number of carbonyl (C=O) groups excluding carboxylic acids is 1. The molecule has 0 aliphatic carbocycles. The van der Waals surface area contributed by atoms with Crippen LogP contribution in [0.5, 0.6) is 0 Å². The molecule has 1 aromatic heterocycles. The number of hydrogen-bond acceptors (Lipinski definition) is 4. The molecule has 6 heteroatoms. The summed E-state index contributed by atoms with van der Waals surface area (Å²) in [5, 5.41) is 3.43. The minimum atomic E-state index is -0.320. The number of benzene rings is 2. The number of aromatic amines is 1. The number of rotatable bonds is 6. The van der Waals surface area contributed by atoms with Crippen LogP contribution in [0.2, 0.25) is 0 Å². The smallest absolute Gasteiger partial charge is 0.256 e. The number of amides is 1. The molecule has 1 fully saturated rings. The summed E-state index contributed by atoms with van der Waals surface area (Å²) < 4.78 is 0. The van der Waals surface area contributed by atoms with Crippen LogP contribution in [0.25, 0.3) is 10.9 Å². The summed E-state index contributed by atoms with van der Waals surface area (Å²) in [6.45, 7) is 6.31. The van der Waals surface area contributed by atoms with Crippen LogP contribution >= 0.6 is 0 Å². The second-order valence-corrected chi connectivity index (χ2v) is 7.44. The zero-order chi connectivity index (χ0) is 20.1. The van der Waals surface area contributed by atoms with Gasteiger partial charge in [0.05, 0.1) is 0 Å². The van der Waals surface area contributed by atoms with Crippen molar-refractivity contribution >= 4 is 16.8 Å². The normalized spacial score (nSPS) is 15.4. The lowest BCUT2D eigenvalue weighted by molar-refractivity contribution is 0.0933. The van der Waals surface area contributed by atoms with E-state index in [1.165, 1.54) is 11.8 Å². The van der Waals surface area contributed by atoms with Crippen molar-refractivity contribution in [1.29, 1.82) is 0 Å². The molecule has 2 N–H and O–H groups in total. The van der Waals surface area contributed by atoms with Gasteiger partial charge in [-0.25, -0.2) is 0 Å². The molecule has 0 radical (unpaired) electrons. The van der Waals surface area contributed by atoms with Gasteiger partial charge >= 0.3 is 0 Å². The Morgan fingerprint density at radius 2 is 1.62 bits per heavy atom. The van der Waals surface area contributed by atoms with Crippen molar-refractivity contribution in [2.45, 2.75) is 6.54 Å². The van der Waals surface area contributed by atoms with Gasteiger partial charge in [-0.2, -0.15) is 0 Å². The second-order valence-electron chi connectivity index (χ2n) is 7.44. The molecule has 1 aliphatic heterocycles. The molecule has 4 rings (SSSR count).